The van der Waals surface area contributed by atoms with Crippen molar-refractivity contribution in [3.8, 4) is 5.75 Å². The van der Waals surface area contributed by atoms with Gasteiger partial charge in [-0.1, -0.05) is 6.92 Å². The number of carbonyl (C=O) groups excluding carboxylic acids is 1. The summed E-state index contributed by atoms with van der Waals surface area (Å²) in [4.78, 5) is 12.7. The van der Waals surface area contributed by atoms with E-state index in [0.717, 1.165) is 30.2 Å². The van der Waals surface area contributed by atoms with E-state index in [1.54, 1.807) is 0 Å². The van der Waals surface area contributed by atoms with E-state index in [9.17, 15) is 4.79 Å². The Morgan fingerprint density at radius 3 is 2.55 bits per heavy atom. The number of benzene rings is 1. The van der Waals surface area contributed by atoms with E-state index >= 15 is 0 Å². The van der Waals surface area contributed by atoms with Crippen LogP contribution >= 0.6 is 11.8 Å². The second-order valence-electron chi connectivity index (χ2n) is 4.29. The van der Waals surface area contributed by atoms with E-state index in [4.69, 9.17) is 4.74 Å². The van der Waals surface area contributed by atoms with E-state index in [1.807, 2.05) is 31.2 Å². The largest absolute Gasteiger partial charge is 0.494 e. The number of rotatable bonds is 10. The molecule has 1 aromatic rings. The zero-order valence-corrected chi connectivity index (χ0v) is 13.1. The van der Waals surface area contributed by atoms with Crippen LogP contribution in [0.25, 0.3) is 0 Å². The molecule has 5 heteroatoms. The van der Waals surface area contributed by atoms with Crippen molar-refractivity contribution in [1.29, 1.82) is 0 Å². The molecule has 0 aliphatic heterocycles. The number of amides is 1. The predicted molar refractivity (Wildman–Crippen MR) is 84.5 cm³/mol. The van der Waals surface area contributed by atoms with E-state index in [0.29, 0.717) is 18.9 Å². The summed E-state index contributed by atoms with van der Waals surface area (Å²) in [6.07, 6.45) is 1.11. The molecular formula is C15H24N2O2S. The zero-order chi connectivity index (χ0) is 14.6. The molecule has 0 radical (unpaired) electrons. The maximum atomic E-state index is 11.6. The molecule has 0 bridgehead atoms. The second kappa shape index (κ2) is 10.6. The van der Waals surface area contributed by atoms with Gasteiger partial charge >= 0.3 is 0 Å². The third-order valence-electron chi connectivity index (χ3n) is 2.56. The number of hydrogen-bond acceptors (Lipinski definition) is 4. The van der Waals surface area contributed by atoms with E-state index in [1.165, 1.54) is 11.8 Å². The summed E-state index contributed by atoms with van der Waals surface area (Å²) in [5.41, 5.74) is 0. The van der Waals surface area contributed by atoms with Gasteiger partial charge in [-0.15, -0.1) is 11.8 Å². The first-order chi connectivity index (χ1) is 9.76. The summed E-state index contributed by atoms with van der Waals surface area (Å²) in [6, 6.07) is 7.81. The first-order valence-corrected chi connectivity index (χ1v) is 8.08. The molecule has 2 N–H and O–H groups in total. The van der Waals surface area contributed by atoms with Gasteiger partial charge in [0.25, 0.3) is 0 Å². The van der Waals surface area contributed by atoms with Gasteiger partial charge in [0.15, 0.2) is 0 Å². The minimum absolute atomic E-state index is 0.0715. The summed E-state index contributed by atoms with van der Waals surface area (Å²) < 4.78 is 5.38. The maximum Gasteiger partial charge on any atom is 0.230 e. The average molecular weight is 296 g/mol. The second-order valence-corrected chi connectivity index (χ2v) is 5.34. The monoisotopic (exact) mass is 296 g/mol. The molecule has 0 spiro atoms. The fourth-order valence-electron chi connectivity index (χ4n) is 1.59. The highest BCUT2D eigenvalue weighted by Crippen LogP contribution is 2.21. The molecular weight excluding hydrogens is 272 g/mol. The number of nitrogens with one attached hydrogen (secondary N) is 2. The van der Waals surface area contributed by atoms with Crippen molar-refractivity contribution < 1.29 is 9.53 Å². The summed E-state index contributed by atoms with van der Waals surface area (Å²) in [5.74, 6) is 1.38. The van der Waals surface area contributed by atoms with Gasteiger partial charge in [0.05, 0.1) is 12.4 Å². The summed E-state index contributed by atoms with van der Waals surface area (Å²) >= 11 is 1.54. The molecule has 20 heavy (non-hydrogen) atoms. The Kier molecular flexibility index (Phi) is 8.91. The first-order valence-electron chi connectivity index (χ1n) is 7.09. The van der Waals surface area contributed by atoms with Crippen LogP contribution in [-0.2, 0) is 4.79 Å². The van der Waals surface area contributed by atoms with Crippen molar-refractivity contribution >= 4 is 17.7 Å². The molecule has 0 heterocycles. The molecule has 4 nitrogen and oxygen atoms in total. The lowest BCUT2D eigenvalue weighted by molar-refractivity contribution is -0.118. The van der Waals surface area contributed by atoms with Gasteiger partial charge in [0, 0.05) is 18.0 Å². The van der Waals surface area contributed by atoms with Crippen molar-refractivity contribution in [2.45, 2.75) is 25.2 Å². The SMILES string of the molecule is CCCNCCNC(=O)CSc1ccc(OCC)cc1. The Morgan fingerprint density at radius 1 is 1.15 bits per heavy atom. The normalized spacial score (nSPS) is 10.3. The highest BCUT2D eigenvalue weighted by molar-refractivity contribution is 8.00. The van der Waals surface area contributed by atoms with E-state index in [-0.39, 0.29) is 5.91 Å². The fourth-order valence-corrected chi connectivity index (χ4v) is 2.32. The van der Waals surface area contributed by atoms with Gasteiger partial charge in [-0.25, -0.2) is 0 Å². The molecule has 0 fully saturated rings. The quantitative estimate of drug-likeness (QED) is 0.514. The van der Waals surface area contributed by atoms with Crippen LogP contribution in [-0.4, -0.2) is 37.9 Å². The highest BCUT2D eigenvalue weighted by Gasteiger charge is 2.02. The zero-order valence-electron chi connectivity index (χ0n) is 12.3. The Labute approximate surface area is 125 Å². The summed E-state index contributed by atoms with van der Waals surface area (Å²) in [6.45, 7) is 7.26. The van der Waals surface area contributed by atoms with Gasteiger partial charge < -0.3 is 15.4 Å². The molecule has 0 aromatic heterocycles. The summed E-state index contributed by atoms with van der Waals surface area (Å²) in [5, 5.41) is 6.14. The smallest absolute Gasteiger partial charge is 0.230 e. The minimum atomic E-state index is 0.0715. The molecule has 0 saturated carbocycles. The average Bonchev–Trinajstić information content (AvgIpc) is 2.47. The van der Waals surface area contributed by atoms with Crippen molar-refractivity contribution in [2.75, 3.05) is 32.0 Å². The Balaban J connectivity index is 2.16. The van der Waals surface area contributed by atoms with Crippen molar-refractivity contribution in [2.24, 2.45) is 0 Å². The molecule has 0 aliphatic rings. The van der Waals surface area contributed by atoms with Gasteiger partial charge in [-0.05, 0) is 44.2 Å². The van der Waals surface area contributed by atoms with Crippen molar-refractivity contribution in [3.05, 3.63) is 24.3 Å². The van der Waals surface area contributed by atoms with Crippen LogP contribution in [0.2, 0.25) is 0 Å². The standard InChI is InChI=1S/C15H24N2O2S/c1-3-9-16-10-11-17-15(18)12-20-14-7-5-13(6-8-14)19-4-2/h5-8,16H,3-4,9-12H2,1-2H3,(H,17,18). The van der Waals surface area contributed by atoms with Crippen LogP contribution in [0.5, 0.6) is 5.75 Å². The Hall–Kier alpha value is -1.20. The van der Waals surface area contributed by atoms with Crippen LogP contribution in [0, 0.1) is 0 Å². The van der Waals surface area contributed by atoms with Crippen LogP contribution in [0.3, 0.4) is 0 Å². The molecule has 0 atom stereocenters. The lowest BCUT2D eigenvalue weighted by Gasteiger charge is -2.07. The molecule has 1 amide bonds. The van der Waals surface area contributed by atoms with Gasteiger partial charge in [-0.2, -0.15) is 0 Å². The Morgan fingerprint density at radius 2 is 1.90 bits per heavy atom. The molecule has 1 aromatic carbocycles. The van der Waals surface area contributed by atoms with Gasteiger partial charge in [0.2, 0.25) is 5.91 Å². The Bertz CT molecular complexity index is 382. The van der Waals surface area contributed by atoms with E-state index in [2.05, 4.69) is 17.6 Å². The first kappa shape index (κ1) is 16.9. The number of hydrogen-bond donors (Lipinski definition) is 2. The molecule has 0 saturated heterocycles. The van der Waals surface area contributed by atoms with Gasteiger partial charge in [0.1, 0.15) is 5.75 Å². The number of carbonyl (C=O) groups is 1. The minimum Gasteiger partial charge on any atom is -0.494 e. The molecule has 0 aliphatic carbocycles. The predicted octanol–water partition coefficient (Wildman–Crippen LogP) is 2.29. The third-order valence-corrected chi connectivity index (χ3v) is 3.57. The number of thioether (sulfide) groups is 1. The van der Waals surface area contributed by atoms with Crippen LogP contribution in [0.15, 0.2) is 29.2 Å². The van der Waals surface area contributed by atoms with Crippen molar-refractivity contribution in [1.82, 2.24) is 10.6 Å². The number of ether oxygens (including phenoxy) is 1. The lowest BCUT2D eigenvalue weighted by Crippen LogP contribution is -2.33. The van der Waals surface area contributed by atoms with E-state index < -0.39 is 0 Å². The summed E-state index contributed by atoms with van der Waals surface area (Å²) in [7, 11) is 0. The maximum absolute atomic E-state index is 11.6. The molecule has 0 unspecified atom stereocenters. The molecule has 112 valence electrons. The molecule has 1 rings (SSSR count). The lowest BCUT2D eigenvalue weighted by atomic mass is 10.3. The highest BCUT2D eigenvalue weighted by atomic mass is 32.2. The van der Waals surface area contributed by atoms with Gasteiger partial charge in [-0.3, -0.25) is 4.79 Å². The fraction of sp³-hybridized carbons (Fsp3) is 0.533. The van der Waals surface area contributed by atoms with Crippen LogP contribution in [0.1, 0.15) is 20.3 Å². The van der Waals surface area contributed by atoms with Crippen molar-refractivity contribution in [3.63, 3.8) is 0 Å². The van der Waals surface area contributed by atoms with Crippen LogP contribution < -0.4 is 15.4 Å². The topological polar surface area (TPSA) is 50.4 Å². The van der Waals surface area contributed by atoms with Crippen LogP contribution in [0.4, 0.5) is 0 Å². The third kappa shape index (κ3) is 7.40.